The van der Waals surface area contributed by atoms with Crippen molar-refractivity contribution >= 4 is 23.5 Å². The van der Waals surface area contributed by atoms with Crippen molar-refractivity contribution in [3.63, 3.8) is 0 Å². The number of hydrogen-bond acceptors (Lipinski definition) is 7. The van der Waals surface area contributed by atoms with E-state index in [0.717, 1.165) is 16.0 Å². The molecule has 7 heteroatoms. The molecular weight excluding hydrogens is 464 g/mol. The van der Waals surface area contributed by atoms with Gasteiger partial charge >= 0.3 is 5.97 Å². The molecule has 0 bridgehead atoms. The van der Waals surface area contributed by atoms with Crippen LogP contribution in [0.5, 0.6) is 0 Å². The van der Waals surface area contributed by atoms with E-state index in [1.807, 2.05) is 91.0 Å². The van der Waals surface area contributed by atoms with Gasteiger partial charge in [-0.25, -0.2) is 0 Å². The number of benzene rings is 3. The Hall–Kier alpha value is -2.97. The molecule has 0 spiro atoms. The molecule has 3 aromatic carbocycles. The van der Waals surface area contributed by atoms with Gasteiger partial charge in [0.25, 0.3) is 0 Å². The maximum atomic E-state index is 13.4. The molecule has 0 N–H and O–H groups in total. The summed E-state index contributed by atoms with van der Waals surface area (Å²) < 4.78 is 23.7. The van der Waals surface area contributed by atoms with Gasteiger partial charge in [0.05, 0.1) is 19.8 Å². The van der Waals surface area contributed by atoms with Gasteiger partial charge in [0.2, 0.25) is 5.78 Å². The van der Waals surface area contributed by atoms with Crippen LogP contribution < -0.4 is 0 Å². The van der Waals surface area contributed by atoms with Gasteiger partial charge in [-0.1, -0.05) is 90.6 Å². The molecule has 3 aromatic rings. The highest BCUT2D eigenvalue weighted by Gasteiger charge is 2.48. The summed E-state index contributed by atoms with van der Waals surface area (Å²) in [7, 11) is 0. The zero-order chi connectivity index (χ0) is 24.5. The van der Waals surface area contributed by atoms with Crippen molar-refractivity contribution in [2.24, 2.45) is 0 Å². The molecule has 1 saturated heterocycles. The average Bonchev–Trinajstić information content (AvgIpc) is 2.88. The molecule has 6 nitrogen and oxygen atoms in total. The summed E-state index contributed by atoms with van der Waals surface area (Å²) in [4.78, 5) is 26.2. The number of carbonyl (C=O) groups excluding carboxylic acids is 2. The third-order valence-corrected chi connectivity index (χ3v) is 6.57. The largest absolute Gasteiger partial charge is 0.451 e. The van der Waals surface area contributed by atoms with Crippen LogP contribution in [0, 0.1) is 0 Å². The fraction of sp³-hybridized carbons (Fsp3) is 0.286. The Balaban J connectivity index is 1.52. The van der Waals surface area contributed by atoms with Gasteiger partial charge in [-0.15, -0.1) is 0 Å². The van der Waals surface area contributed by atoms with Crippen LogP contribution in [-0.4, -0.2) is 42.1 Å². The summed E-state index contributed by atoms with van der Waals surface area (Å²) in [5, 5.41) is 0. The maximum absolute atomic E-state index is 13.4. The second-order valence-electron chi connectivity index (χ2n) is 8.12. The van der Waals surface area contributed by atoms with Crippen molar-refractivity contribution in [1.82, 2.24) is 0 Å². The van der Waals surface area contributed by atoms with Crippen molar-refractivity contribution < 1.29 is 28.5 Å². The number of rotatable bonds is 10. The number of Topliss-reactive ketones (excluding diaryl/α,β-unsaturated/α-hetero) is 1. The molecule has 1 aliphatic heterocycles. The van der Waals surface area contributed by atoms with E-state index in [1.54, 1.807) is 0 Å². The standard InChI is InChI=1S/C28H28O6S/c1-20(29)33-26-25(30)24(19-31-17-21-11-5-2-6-12-21)34-28(35-23-15-9-4-10-16-23)27(26)32-18-22-13-7-3-8-14-22/h2-16,24,26-28H,17-19H2,1H3/t24-,26+,27-,28+/m1/s1. The first kappa shape index (κ1) is 25.1. The van der Waals surface area contributed by atoms with Gasteiger partial charge in [0, 0.05) is 11.8 Å². The number of carbonyl (C=O) groups is 2. The van der Waals surface area contributed by atoms with E-state index in [9.17, 15) is 9.59 Å². The Labute approximate surface area is 209 Å². The molecule has 0 aliphatic carbocycles. The monoisotopic (exact) mass is 492 g/mol. The average molecular weight is 493 g/mol. The summed E-state index contributed by atoms with van der Waals surface area (Å²) in [5.41, 5.74) is 1.35. The molecule has 4 atom stereocenters. The van der Waals surface area contributed by atoms with Crippen LogP contribution in [0.15, 0.2) is 95.9 Å². The van der Waals surface area contributed by atoms with Crippen LogP contribution in [0.2, 0.25) is 0 Å². The highest BCUT2D eigenvalue weighted by Crippen LogP contribution is 2.35. The first-order valence-electron chi connectivity index (χ1n) is 11.5. The van der Waals surface area contributed by atoms with E-state index in [2.05, 4.69) is 0 Å². The second kappa shape index (κ2) is 12.7. The zero-order valence-electron chi connectivity index (χ0n) is 19.4. The van der Waals surface area contributed by atoms with Crippen LogP contribution in [-0.2, 0) is 41.8 Å². The predicted octanol–water partition coefficient (Wildman–Crippen LogP) is 4.81. The Morgan fingerprint density at radius 2 is 1.43 bits per heavy atom. The summed E-state index contributed by atoms with van der Waals surface area (Å²) in [5.74, 6) is -0.915. The molecule has 35 heavy (non-hydrogen) atoms. The smallest absolute Gasteiger partial charge is 0.303 e. The molecule has 0 aromatic heterocycles. The quantitative estimate of drug-likeness (QED) is 0.376. The highest BCUT2D eigenvalue weighted by atomic mass is 32.2. The second-order valence-corrected chi connectivity index (χ2v) is 9.29. The Bertz CT molecular complexity index is 1080. The minimum atomic E-state index is -1.10. The number of thioether (sulfide) groups is 1. The van der Waals surface area contributed by atoms with Gasteiger partial charge < -0.3 is 18.9 Å². The van der Waals surface area contributed by atoms with Gasteiger partial charge in [-0.05, 0) is 23.3 Å². The van der Waals surface area contributed by atoms with Crippen molar-refractivity contribution in [3.8, 4) is 0 Å². The number of ketones is 1. The predicted molar refractivity (Wildman–Crippen MR) is 133 cm³/mol. The maximum Gasteiger partial charge on any atom is 0.303 e. The summed E-state index contributed by atoms with van der Waals surface area (Å²) in [6.45, 7) is 1.93. The van der Waals surface area contributed by atoms with Crippen LogP contribution in [0.1, 0.15) is 18.1 Å². The fourth-order valence-electron chi connectivity index (χ4n) is 3.74. The van der Waals surface area contributed by atoms with Crippen molar-refractivity contribution in [2.45, 2.75) is 48.8 Å². The summed E-state index contributed by atoms with van der Waals surface area (Å²) in [6, 6.07) is 29.0. The minimum Gasteiger partial charge on any atom is -0.451 e. The number of esters is 1. The first-order chi connectivity index (χ1) is 17.1. The van der Waals surface area contributed by atoms with Crippen LogP contribution in [0.4, 0.5) is 0 Å². The molecule has 0 unspecified atom stereocenters. The molecule has 182 valence electrons. The Morgan fingerprint density at radius 3 is 2.03 bits per heavy atom. The van der Waals surface area contributed by atoms with Gasteiger partial charge in [-0.3, -0.25) is 9.59 Å². The van der Waals surface area contributed by atoms with E-state index >= 15 is 0 Å². The lowest BCUT2D eigenvalue weighted by molar-refractivity contribution is -0.197. The molecule has 1 fully saturated rings. The molecule has 0 saturated carbocycles. The number of ether oxygens (including phenoxy) is 4. The van der Waals surface area contributed by atoms with E-state index < -0.39 is 29.7 Å². The zero-order valence-corrected chi connectivity index (χ0v) is 20.3. The number of hydrogen-bond donors (Lipinski definition) is 0. The first-order valence-corrected chi connectivity index (χ1v) is 12.3. The SMILES string of the molecule is CC(=O)O[C@H]1C(=O)[C@@H](COCc2ccccc2)O[C@@H](Sc2ccccc2)[C@@H]1OCc1ccccc1. The Kier molecular flexibility index (Phi) is 9.08. The lowest BCUT2D eigenvalue weighted by Gasteiger charge is -2.39. The third-order valence-electron chi connectivity index (χ3n) is 5.42. The Morgan fingerprint density at radius 1 is 0.857 bits per heavy atom. The summed E-state index contributed by atoms with van der Waals surface area (Å²) in [6.07, 6.45) is -2.78. The van der Waals surface area contributed by atoms with Crippen molar-refractivity contribution in [1.29, 1.82) is 0 Å². The lowest BCUT2D eigenvalue weighted by Crippen LogP contribution is -2.57. The molecule has 4 rings (SSSR count). The summed E-state index contributed by atoms with van der Waals surface area (Å²) >= 11 is 1.43. The normalized spacial score (nSPS) is 22.0. The topological polar surface area (TPSA) is 71.1 Å². The van der Waals surface area contributed by atoms with Gasteiger partial charge in [-0.2, -0.15) is 0 Å². The van der Waals surface area contributed by atoms with Crippen LogP contribution in [0.3, 0.4) is 0 Å². The lowest BCUT2D eigenvalue weighted by atomic mass is 10.0. The van der Waals surface area contributed by atoms with Crippen molar-refractivity contribution in [2.75, 3.05) is 6.61 Å². The fourth-order valence-corrected chi connectivity index (χ4v) is 4.87. The minimum absolute atomic E-state index is 0.0444. The molecule has 1 aliphatic rings. The molecule has 0 amide bonds. The van der Waals surface area contributed by atoms with E-state index in [0.29, 0.717) is 6.61 Å². The van der Waals surface area contributed by atoms with Crippen LogP contribution >= 0.6 is 11.8 Å². The van der Waals surface area contributed by atoms with Crippen LogP contribution in [0.25, 0.3) is 0 Å². The van der Waals surface area contributed by atoms with E-state index in [1.165, 1.54) is 18.7 Å². The molecule has 0 radical (unpaired) electrons. The van der Waals surface area contributed by atoms with Gasteiger partial charge in [0.1, 0.15) is 17.6 Å². The van der Waals surface area contributed by atoms with Gasteiger partial charge in [0.15, 0.2) is 6.10 Å². The molecule has 1 heterocycles. The third kappa shape index (κ3) is 7.26. The highest BCUT2D eigenvalue weighted by molar-refractivity contribution is 7.99. The van der Waals surface area contributed by atoms with E-state index in [4.69, 9.17) is 18.9 Å². The molecular formula is C28H28O6S. The van der Waals surface area contributed by atoms with Crippen molar-refractivity contribution in [3.05, 3.63) is 102 Å². The van der Waals surface area contributed by atoms with E-state index in [-0.39, 0.29) is 19.0 Å².